The molecule has 29 heavy (non-hydrogen) atoms. The maximum atomic E-state index is 13.9. The molecule has 1 aliphatic heterocycles. The van der Waals surface area contributed by atoms with Gasteiger partial charge in [-0.15, -0.1) is 5.10 Å². The molecule has 0 spiro atoms. The van der Waals surface area contributed by atoms with Crippen LogP contribution < -0.4 is 15.5 Å². The molecule has 1 saturated heterocycles. The fraction of sp³-hybridized carbons (Fsp3) is 0.368. The highest BCUT2D eigenvalue weighted by molar-refractivity contribution is 6.03. The van der Waals surface area contributed by atoms with Gasteiger partial charge >= 0.3 is 0 Å². The summed E-state index contributed by atoms with van der Waals surface area (Å²) in [5.74, 6) is -0.356. The second kappa shape index (κ2) is 7.28. The Morgan fingerprint density at radius 2 is 2.03 bits per heavy atom. The molecule has 2 aliphatic rings. The second-order valence-electron chi connectivity index (χ2n) is 7.12. The number of aromatic nitrogens is 4. The fourth-order valence-electron chi connectivity index (χ4n) is 3.27. The van der Waals surface area contributed by atoms with Crippen molar-refractivity contribution in [2.45, 2.75) is 18.9 Å². The molecule has 0 unspecified atom stereocenters. The van der Waals surface area contributed by atoms with Gasteiger partial charge in [-0.2, -0.15) is 0 Å². The number of hydrogen-bond donors (Lipinski definition) is 2. The third-order valence-electron chi connectivity index (χ3n) is 4.98. The monoisotopic (exact) mass is 397 g/mol. The summed E-state index contributed by atoms with van der Waals surface area (Å²) >= 11 is 0. The Kier molecular flexibility index (Phi) is 4.47. The van der Waals surface area contributed by atoms with Gasteiger partial charge < -0.3 is 20.3 Å². The highest BCUT2D eigenvalue weighted by atomic mass is 19.1. The Morgan fingerprint density at radius 1 is 1.21 bits per heavy atom. The van der Waals surface area contributed by atoms with E-state index in [2.05, 4.69) is 30.6 Å². The average molecular weight is 397 g/mol. The summed E-state index contributed by atoms with van der Waals surface area (Å²) in [6.45, 7) is 2.70. The minimum Gasteiger partial charge on any atom is -0.379 e. The molecule has 9 nitrogen and oxygen atoms in total. The molecule has 2 fully saturated rings. The number of morpholine rings is 1. The van der Waals surface area contributed by atoms with Crippen LogP contribution in [0, 0.1) is 5.82 Å². The van der Waals surface area contributed by atoms with Crippen molar-refractivity contribution >= 4 is 28.7 Å². The summed E-state index contributed by atoms with van der Waals surface area (Å²) in [5.41, 5.74) is 1.68. The zero-order valence-corrected chi connectivity index (χ0v) is 15.6. The van der Waals surface area contributed by atoms with Crippen LogP contribution in [-0.2, 0) is 4.74 Å². The van der Waals surface area contributed by atoms with Crippen LogP contribution in [0.3, 0.4) is 0 Å². The van der Waals surface area contributed by atoms with Crippen molar-refractivity contribution in [1.82, 2.24) is 19.6 Å². The summed E-state index contributed by atoms with van der Waals surface area (Å²) in [5, 5.41) is 10.7. The summed E-state index contributed by atoms with van der Waals surface area (Å²) in [6, 6.07) is 3.79. The lowest BCUT2D eigenvalue weighted by molar-refractivity contribution is 0.101. The number of nitrogens with zero attached hydrogens (tertiary/aromatic N) is 5. The molecule has 5 rings (SSSR count). The molecule has 0 atom stereocenters. The van der Waals surface area contributed by atoms with Crippen LogP contribution in [0.5, 0.6) is 0 Å². The SMILES string of the molecule is O=C(Nc1ccncc1F)c1cnc2c(NC3CC3)cc(N3CCOCC3)nn12. The lowest BCUT2D eigenvalue weighted by Gasteiger charge is -2.28. The van der Waals surface area contributed by atoms with Gasteiger partial charge in [-0.1, -0.05) is 0 Å². The zero-order chi connectivity index (χ0) is 19.8. The standard InChI is InChI=1S/C19H20FN7O2/c20-13-10-21-4-3-14(13)24-19(28)16-11-22-18-15(23-12-1-2-12)9-17(25-27(16)18)26-5-7-29-8-6-26/h3-4,9-12,23H,1-2,5-8H2,(H,21,24,28). The van der Waals surface area contributed by atoms with Gasteiger partial charge in [0.05, 0.1) is 37.0 Å². The van der Waals surface area contributed by atoms with E-state index < -0.39 is 11.7 Å². The van der Waals surface area contributed by atoms with E-state index >= 15 is 0 Å². The fourth-order valence-corrected chi connectivity index (χ4v) is 3.27. The van der Waals surface area contributed by atoms with Gasteiger partial charge in [0.2, 0.25) is 0 Å². The summed E-state index contributed by atoms with van der Waals surface area (Å²) in [4.78, 5) is 23.0. The van der Waals surface area contributed by atoms with Crippen molar-refractivity contribution in [3.8, 4) is 0 Å². The maximum Gasteiger partial charge on any atom is 0.276 e. The van der Waals surface area contributed by atoms with E-state index in [-0.39, 0.29) is 11.4 Å². The molecule has 3 aromatic rings. The number of ether oxygens (including phenoxy) is 1. The molecule has 0 bridgehead atoms. The van der Waals surface area contributed by atoms with Gasteiger partial charge in [-0.05, 0) is 18.9 Å². The van der Waals surface area contributed by atoms with Gasteiger partial charge in [0.15, 0.2) is 23.0 Å². The molecule has 1 saturated carbocycles. The van der Waals surface area contributed by atoms with Crippen molar-refractivity contribution in [2.75, 3.05) is 41.8 Å². The summed E-state index contributed by atoms with van der Waals surface area (Å²) < 4.78 is 20.8. The number of nitrogens with one attached hydrogen (secondary N) is 2. The number of amides is 1. The normalized spacial score (nSPS) is 16.8. The highest BCUT2D eigenvalue weighted by Crippen LogP contribution is 2.29. The van der Waals surface area contributed by atoms with Crippen molar-refractivity contribution in [3.63, 3.8) is 0 Å². The number of carbonyl (C=O) groups is 1. The minimum absolute atomic E-state index is 0.0561. The van der Waals surface area contributed by atoms with Gasteiger partial charge in [0, 0.05) is 31.4 Å². The van der Waals surface area contributed by atoms with Crippen molar-refractivity contribution in [2.24, 2.45) is 0 Å². The largest absolute Gasteiger partial charge is 0.379 e. The Balaban J connectivity index is 1.53. The van der Waals surface area contributed by atoms with Crippen LogP contribution in [0.25, 0.3) is 5.65 Å². The van der Waals surface area contributed by atoms with Crippen LogP contribution in [0.2, 0.25) is 0 Å². The van der Waals surface area contributed by atoms with E-state index in [4.69, 9.17) is 4.74 Å². The number of pyridine rings is 1. The van der Waals surface area contributed by atoms with Crippen molar-refractivity contribution < 1.29 is 13.9 Å². The maximum absolute atomic E-state index is 13.9. The van der Waals surface area contributed by atoms with Crippen LogP contribution >= 0.6 is 0 Å². The van der Waals surface area contributed by atoms with Gasteiger partial charge in [-0.3, -0.25) is 9.78 Å². The molecule has 0 aromatic carbocycles. The Labute approximate surface area is 165 Å². The first kappa shape index (κ1) is 17.8. The Hall–Kier alpha value is -3.27. The zero-order valence-electron chi connectivity index (χ0n) is 15.6. The van der Waals surface area contributed by atoms with Crippen LogP contribution in [0.1, 0.15) is 23.3 Å². The molecule has 0 radical (unpaired) electrons. The number of hydrogen-bond acceptors (Lipinski definition) is 7. The lowest BCUT2D eigenvalue weighted by atomic mass is 10.3. The van der Waals surface area contributed by atoms with E-state index in [0.29, 0.717) is 24.9 Å². The molecule has 150 valence electrons. The predicted octanol–water partition coefficient (Wildman–Crippen LogP) is 1.93. The van der Waals surface area contributed by atoms with E-state index in [9.17, 15) is 9.18 Å². The number of fused-ring (bicyclic) bond motifs is 1. The first-order chi connectivity index (χ1) is 14.2. The molecule has 4 heterocycles. The van der Waals surface area contributed by atoms with E-state index in [1.165, 1.54) is 23.0 Å². The van der Waals surface area contributed by atoms with Gasteiger partial charge in [0.25, 0.3) is 5.91 Å². The number of anilines is 3. The quantitative estimate of drug-likeness (QED) is 0.679. The lowest BCUT2D eigenvalue weighted by Crippen LogP contribution is -2.37. The van der Waals surface area contributed by atoms with E-state index in [0.717, 1.165) is 43.6 Å². The van der Waals surface area contributed by atoms with Crippen LogP contribution in [0.15, 0.2) is 30.7 Å². The highest BCUT2D eigenvalue weighted by Gasteiger charge is 2.25. The van der Waals surface area contributed by atoms with Gasteiger partial charge in [0.1, 0.15) is 0 Å². The first-order valence-electron chi connectivity index (χ1n) is 9.58. The second-order valence-corrected chi connectivity index (χ2v) is 7.12. The number of imidazole rings is 1. The minimum atomic E-state index is -0.604. The third kappa shape index (κ3) is 3.58. The summed E-state index contributed by atoms with van der Waals surface area (Å²) in [6.07, 6.45) is 6.14. The summed E-state index contributed by atoms with van der Waals surface area (Å²) in [7, 11) is 0. The van der Waals surface area contributed by atoms with E-state index in [1.54, 1.807) is 0 Å². The number of carbonyl (C=O) groups excluding carboxylic acids is 1. The molecular formula is C19H20FN7O2. The smallest absolute Gasteiger partial charge is 0.276 e. The molecular weight excluding hydrogens is 377 g/mol. The third-order valence-corrected chi connectivity index (χ3v) is 4.98. The molecule has 2 N–H and O–H groups in total. The van der Waals surface area contributed by atoms with Crippen LogP contribution in [-0.4, -0.2) is 57.8 Å². The molecule has 1 amide bonds. The Bertz CT molecular complexity index is 1060. The van der Waals surface area contributed by atoms with Crippen LogP contribution in [0.4, 0.5) is 21.6 Å². The predicted molar refractivity (Wildman–Crippen MR) is 105 cm³/mol. The number of rotatable bonds is 5. The van der Waals surface area contributed by atoms with Crippen molar-refractivity contribution in [1.29, 1.82) is 0 Å². The Morgan fingerprint density at radius 3 is 2.79 bits per heavy atom. The first-order valence-corrected chi connectivity index (χ1v) is 9.58. The number of halogens is 1. The van der Waals surface area contributed by atoms with E-state index in [1.807, 2.05) is 6.07 Å². The molecule has 10 heteroatoms. The van der Waals surface area contributed by atoms with Crippen molar-refractivity contribution in [3.05, 3.63) is 42.2 Å². The van der Waals surface area contributed by atoms with Gasteiger partial charge in [-0.25, -0.2) is 13.9 Å². The molecule has 1 aliphatic carbocycles. The average Bonchev–Trinajstić information content (AvgIpc) is 3.45. The molecule has 3 aromatic heterocycles. The topological polar surface area (TPSA) is 96.7 Å².